The molecule has 0 aliphatic heterocycles. The number of rotatable bonds is 3. The molecule has 0 unspecified atom stereocenters. The van der Waals surface area contributed by atoms with Gasteiger partial charge in [-0.2, -0.15) is 8.78 Å². The molecule has 4 nitrogen and oxygen atoms in total. The highest BCUT2D eigenvalue weighted by Crippen LogP contribution is 2.19. The SMILES string of the molecule is COC(=O)c1cc(C)ccc1NC(=O)C(F)F. The Morgan fingerprint density at radius 1 is 1.35 bits per heavy atom. The molecule has 1 aromatic rings. The van der Waals surface area contributed by atoms with Crippen molar-refractivity contribution in [3.8, 4) is 0 Å². The molecule has 1 N–H and O–H groups in total. The second-order valence-corrected chi connectivity index (χ2v) is 3.33. The lowest BCUT2D eigenvalue weighted by atomic mass is 10.1. The molecule has 17 heavy (non-hydrogen) atoms. The lowest BCUT2D eigenvalue weighted by Crippen LogP contribution is -2.21. The number of carbonyl (C=O) groups excluding carboxylic acids is 2. The van der Waals surface area contributed by atoms with Crippen LogP contribution in [0.3, 0.4) is 0 Å². The Morgan fingerprint density at radius 2 is 2.00 bits per heavy atom. The Labute approximate surface area is 96.6 Å². The maximum absolute atomic E-state index is 12.1. The third-order valence-corrected chi connectivity index (χ3v) is 2.04. The highest BCUT2D eigenvalue weighted by molar-refractivity contribution is 6.02. The van der Waals surface area contributed by atoms with E-state index < -0.39 is 18.3 Å². The second-order valence-electron chi connectivity index (χ2n) is 3.33. The summed E-state index contributed by atoms with van der Waals surface area (Å²) in [7, 11) is 1.17. The molecule has 0 saturated carbocycles. The number of amides is 1. The largest absolute Gasteiger partial charge is 0.465 e. The van der Waals surface area contributed by atoms with Gasteiger partial charge in [0, 0.05) is 0 Å². The van der Waals surface area contributed by atoms with Crippen LogP contribution in [0, 0.1) is 6.92 Å². The van der Waals surface area contributed by atoms with Crippen LogP contribution in [-0.4, -0.2) is 25.4 Å². The Hall–Kier alpha value is -1.98. The van der Waals surface area contributed by atoms with E-state index in [-0.39, 0.29) is 11.3 Å². The average Bonchev–Trinajstić information content (AvgIpc) is 2.30. The minimum Gasteiger partial charge on any atom is -0.465 e. The van der Waals surface area contributed by atoms with Gasteiger partial charge >= 0.3 is 12.4 Å². The van der Waals surface area contributed by atoms with Crippen molar-refractivity contribution in [2.24, 2.45) is 0 Å². The number of benzene rings is 1. The fraction of sp³-hybridized carbons (Fsp3) is 0.273. The van der Waals surface area contributed by atoms with Crippen molar-refractivity contribution in [2.75, 3.05) is 12.4 Å². The van der Waals surface area contributed by atoms with Crippen LogP contribution in [0.2, 0.25) is 0 Å². The van der Waals surface area contributed by atoms with E-state index in [2.05, 4.69) is 4.74 Å². The number of hydrogen-bond acceptors (Lipinski definition) is 3. The molecule has 0 spiro atoms. The first-order chi connectivity index (χ1) is 7.95. The standard InChI is InChI=1S/C11H11F2NO3/c1-6-3-4-8(14-10(15)9(12)13)7(5-6)11(16)17-2/h3-5,9H,1-2H3,(H,14,15). The maximum Gasteiger partial charge on any atom is 0.339 e. The number of esters is 1. The Bertz CT molecular complexity index is 446. The molecule has 0 atom stereocenters. The highest BCUT2D eigenvalue weighted by Gasteiger charge is 2.19. The molecular weight excluding hydrogens is 232 g/mol. The summed E-state index contributed by atoms with van der Waals surface area (Å²) in [6, 6.07) is 4.42. The predicted molar refractivity (Wildman–Crippen MR) is 57.2 cm³/mol. The van der Waals surface area contributed by atoms with Gasteiger partial charge in [0.2, 0.25) is 0 Å². The van der Waals surface area contributed by atoms with Gasteiger partial charge in [0.1, 0.15) is 0 Å². The van der Waals surface area contributed by atoms with E-state index in [9.17, 15) is 18.4 Å². The van der Waals surface area contributed by atoms with Gasteiger partial charge in [-0.1, -0.05) is 11.6 Å². The number of hydrogen-bond donors (Lipinski definition) is 1. The van der Waals surface area contributed by atoms with E-state index in [4.69, 9.17) is 0 Å². The third-order valence-electron chi connectivity index (χ3n) is 2.04. The number of carbonyl (C=O) groups is 2. The summed E-state index contributed by atoms with van der Waals surface area (Å²) in [6.07, 6.45) is -3.14. The highest BCUT2D eigenvalue weighted by atomic mass is 19.3. The topological polar surface area (TPSA) is 55.4 Å². The van der Waals surface area contributed by atoms with Crippen LogP contribution in [0.1, 0.15) is 15.9 Å². The molecule has 1 rings (SSSR count). The molecule has 0 heterocycles. The molecule has 0 radical (unpaired) electrons. The number of alkyl halides is 2. The maximum atomic E-state index is 12.1. The number of methoxy groups -OCH3 is 1. The predicted octanol–water partition coefficient (Wildman–Crippen LogP) is 1.99. The normalized spacial score (nSPS) is 10.2. The molecule has 92 valence electrons. The van der Waals surface area contributed by atoms with Gasteiger partial charge in [-0.25, -0.2) is 4.79 Å². The lowest BCUT2D eigenvalue weighted by Gasteiger charge is -2.10. The van der Waals surface area contributed by atoms with Gasteiger partial charge in [-0.15, -0.1) is 0 Å². The first-order valence-electron chi connectivity index (χ1n) is 4.73. The zero-order chi connectivity index (χ0) is 13.0. The van der Waals surface area contributed by atoms with Crippen LogP contribution in [0.4, 0.5) is 14.5 Å². The summed E-state index contributed by atoms with van der Waals surface area (Å²) >= 11 is 0. The molecule has 0 aliphatic rings. The summed E-state index contributed by atoms with van der Waals surface area (Å²) in [5.74, 6) is -2.16. The number of halogens is 2. The number of anilines is 1. The van der Waals surface area contributed by atoms with E-state index in [0.29, 0.717) is 0 Å². The third kappa shape index (κ3) is 3.24. The van der Waals surface area contributed by atoms with Crippen molar-refractivity contribution in [2.45, 2.75) is 13.3 Å². The molecule has 1 aromatic carbocycles. The van der Waals surface area contributed by atoms with Crippen LogP contribution in [0.5, 0.6) is 0 Å². The van der Waals surface area contributed by atoms with Gasteiger partial charge in [0.25, 0.3) is 5.91 Å². The fourth-order valence-electron chi connectivity index (χ4n) is 1.23. The minimum absolute atomic E-state index is 0.00718. The van der Waals surface area contributed by atoms with E-state index >= 15 is 0 Å². The summed E-state index contributed by atoms with van der Waals surface area (Å²) in [6.45, 7) is 1.73. The monoisotopic (exact) mass is 243 g/mol. The second kappa shape index (κ2) is 5.38. The molecule has 0 aliphatic carbocycles. The first-order valence-corrected chi connectivity index (χ1v) is 4.73. The Morgan fingerprint density at radius 3 is 2.53 bits per heavy atom. The number of nitrogens with one attached hydrogen (secondary N) is 1. The zero-order valence-electron chi connectivity index (χ0n) is 9.29. The average molecular weight is 243 g/mol. The van der Waals surface area contributed by atoms with Gasteiger partial charge in [-0.3, -0.25) is 4.79 Å². The van der Waals surface area contributed by atoms with Gasteiger partial charge in [0.05, 0.1) is 18.4 Å². The van der Waals surface area contributed by atoms with Crippen molar-refractivity contribution in [1.29, 1.82) is 0 Å². The van der Waals surface area contributed by atoms with Gasteiger partial charge in [0.15, 0.2) is 0 Å². The summed E-state index contributed by atoms with van der Waals surface area (Å²) in [4.78, 5) is 22.2. The first kappa shape index (κ1) is 13.1. The minimum atomic E-state index is -3.14. The molecule has 0 bridgehead atoms. The van der Waals surface area contributed by atoms with E-state index in [0.717, 1.165) is 5.56 Å². The van der Waals surface area contributed by atoms with Crippen LogP contribution in [-0.2, 0) is 9.53 Å². The Kier molecular flexibility index (Phi) is 4.14. The summed E-state index contributed by atoms with van der Waals surface area (Å²) < 4.78 is 28.7. The smallest absolute Gasteiger partial charge is 0.339 e. The molecule has 1 amide bonds. The zero-order valence-corrected chi connectivity index (χ0v) is 9.29. The van der Waals surface area contributed by atoms with Gasteiger partial charge in [-0.05, 0) is 19.1 Å². The fourth-order valence-corrected chi connectivity index (χ4v) is 1.23. The molecular formula is C11H11F2NO3. The molecule has 0 fully saturated rings. The molecule has 6 heteroatoms. The van der Waals surface area contributed by atoms with Crippen LogP contribution >= 0.6 is 0 Å². The summed E-state index contributed by atoms with van der Waals surface area (Å²) in [5, 5.41) is 1.96. The summed E-state index contributed by atoms with van der Waals surface area (Å²) in [5.41, 5.74) is 0.801. The van der Waals surface area contributed by atoms with E-state index in [1.807, 2.05) is 5.32 Å². The van der Waals surface area contributed by atoms with Crippen LogP contribution in [0.15, 0.2) is 18.2 Å². The van der Waals surface area contributed by atoms with Crippen molar-refractivity contribution >= 4 is 17.6 Å². The van der Waals surface area contributed by atoms with Crippen LogP contribution < -0.4 is 5.32 Å². The molecule has 0 saturated heterocycles. The lowest BCUT2D eigenvalue weighted by molar-refractivity contribution is -0.126. The van der Waals surface area contributed by atoms with Crippen LogP contribution in [0.25, 0.3) is 0 Å². The number of ether oxygens (including phenoxy) is 1. The van der Waals surface area contributed by atoms with Crippen molar-refractivity contribution in [3.05, 3.63) is 29.3 Å². The number of aryl methyl sites for hydroxylation is 1. The molecule has 0 aromatic heterocycles. The quantitative estimate of drug-likeness (QED) is 0.826. The van der Waals surface area contributed by atoms with Gasteiger partial charge < -0.3 is 10.1 Å². The van der Waals surface area contributed by atoms with Crippen molar-refractivity contribution in [3.63, 3.8) is 0 Å². The van der Waals surface area contributed by atoms with E-state index in [1.54, 1.807) is 13.0 Å². The van der Waals surface area contributed by atoms with Crippen molar-refractivity contribution in [1.82, 2.24) is 0 Å². The van der Waals surface area contributed by atoms with E-state index in [1.165, 1.54) is 19.2 Å². The Balaban J connectivity index is 3.06. The van der Waals surface area contributed by atoms with Crippen molar-refractivity contribution < 1.29 is 23.1 Å².